The summed E-state index contributed by atoms with van der Waals surface area (Å²) >= 11 is 8.29. The van der Waals surface area contributed by atoms with Crippen LogP contribution in [0.25, 0.3) is 0 Å². The first-order valence-corrected chi connectivity index (χ1v) is 5.16. The molecule has 0 unspecified atom stereocenters. The maximum absolute atomic E-state index is 8.59. The van der Waals surface area contributed by atoms with Crippen LogP contribution in [0.15, 0.2) is 0 Å². The molecule has 0 aromatic rings. The highest BCUT2D eigenvalue weighted by Gasteiger charge is 2.00. The average molecular weight is 195 g/mol. The number of rotatable bonds is 7. The number of aliphatic hydroxyl groups is 1. The van der Waals surface area contributed by atoms with Crippen LogP contribution < -0.4 is 0 Å². The molecule has 0 bridgehead atoms. The van der Waals surface area contributed by atoms with Gasteiger partial charge in [-0.05, 0) is 6.42 Å². The molecule has 0 aromatic heterocycles. The van der Waals surface area contributed by atoms with Gasteiger partial charge in [0, 0.05) is 37.7 Å². The molecule has 0 rings (SSSR count). The van der Waals surface area contributed by atoms with Gasteiger partial charge >= 0.3 is 0 Å². The molecule has 0 amide bonds. The molecular formula is C7H17NOS2. The van der Waals surface area contributed by atoms with Gasteiger partial charge in [0.1, 0.15) is 0 Å². The fourth-order valence-electron chi connectivity index (χ4n) is 0.913. The first-order valence-electron chi connectivity index (χ1n) is 3.90. The average Bonchev–Trinajstić information content (AvgIpc) is 2.01. The molecule has 0 aromatic carbocycles. The monoisotopic (exact) mass is 195 g/mol. The Morgan fingerprint density at radius 2 is 1.55 bits per heavy atom. The molecule has 0 spiro atoms. The molecule has 0 radical (unpaired) electrons. The fourth-order valence-corrected chi connectivity index (χ4v) is 1.48. The van der Waals surface area contributed by atoms with Gasteiger partial charge in [0.2, 0.25) is 0 Å². The third-order valence-electron chi connectivity index (χ3n) is 1.46. The van der Waals surface area contributed by atoms with E-state index in [1.54, 1.807) is 0 Å². The number of aliphatic hydroxyl groups excluding tert-OH is 1. The van der Waals surface area contributed by atoms with Crippen LogP contribution >= 0.6 is 25.3 Å². The quantitative estimate of drug-likeness (QED) is 0.516. The summed E-state index contributed by atoms with van der Waals surface area (Å²) < 4.78 is 0. The van der Waals surface area contributed by atoms with Gasteiger partial charge in [-0.2, -0.15) is 25.3 Å². The van der Waals surface area contributed by atoms with E-state index in [1.165, 1.54) is 0 Å². The minimum Gasteiger partial charge on any atom is -0.396 e. The molecule has 0 aliphatic carbocycles. The lowest BCUT2D eigenvalue weighted by Gasteiger charge is -2.19. The van der Waals surface area contributed by atoms with E-state index in [0.717, 1.165) is 37.6 Å². The molecule has 0 atom stereocenters. The lowest BCUT2D eigenvalue weighted by molar-refractivity contribution is 0.238. The van der Waals surface area contributed by atoms with Crippen LogP contribution in [0, 0.1) is 0 Å². The van der Waals surface area contributed by atoms with Crippen molar-refractivity contribution in [1.29, 1.82) is 0 Å². The van der Waals surface area contributed by atoms with E-state index in [9.17, 15) is 0 Å². The molecule has 0 saturated carbocycles. The molecule has 1 N–H and O–H groups in total. The Hall–Kier alpha value is 0.620. The lowest BCUT2D eigenvalue weighted by Crippen LogP contribution is -2.29. The Balaban J connectivity index is 3.34. The summed E-state index contributed by atoms with van der Waals surface area (Å²) in [5.74, 6) is 1.75. The second kappa shape index (κ2) is 8.71. The van der Waals surface area contributed by atoms with E-state index in [2.05, 4.69) is 30.2 Å². The zero-order valence-corrected chi connectivity index (χ0v) is 8.53. The van der Waals surface area contributed by atoms with Crippen molar-refractivity contribution in [3.8, 4) is 0 Å². The number of thiol groups is 2. The van der Waals surface area contributed by atoms with Crippen molar-refractivity contribution in [3.05, 3.63) is 0 Å². The molecule has 0 heterocycles. The first kappa shape index (κ1) is 11.6. The van der Waals surface area contributed by atoms with Crippen molar-refractivity contribution in [2.45, 2.75) is 6.42 Å². The van der Waals surface area contributed by atoms with E-state index in [1.807, 2.05) is 0 Å². The van der Waals surface area contributed by atoms with E-state index in [-0.39, 0.29) is 6.61 Å². The lowest BCUT2D eigenvalue weighted by atomic mass is 10.4. The molecule has 0 fully saturated rings. The van der Waals surface area contributed by atoms with Crippen molar-refractivity contribution < 1.29 is 5.11 Å². The third kappa shape index (κ3) is 7.00. The minimum atomic E-state index is 0.273. The van der Waals surface area contributed by atoms with Gasteiger partial charge in [-0.1, -0.05) is 0 Å². The van der Waals surface area contributed by atoms with Crippen molar-refractivity contribution in [2.24, 2.45) is 0 Å². The van der Waals surface area contributed by atoms with E-state index >= 15 is 0 Å². The second-order valence-corrected chi connectivity index (χ2v) is 3.26. The summed E-state index contributed by atoms with van der Waals surface area (Å²) in [6.07, 6.45) is 0.849. The number of nitrogens with zero attached hydrogens (tertiary/aromatic N) is 1. The second-order valence-electron chi connectivity index (χ2n) is 2.37. The summed E-state index contributed by atoms with van der Waals surface area (Å²) in [6.45, 7) is 3.21. The van der Waals surface area contributed by atoms with E-state index in [4.69, 9.17) is 5.11 Å². The van der Waals surface area contributed by atoms with Crippen LogP contribution in [0.5, 0.6) is 0 Å². The Morgan fingerprint density at radius 3 is 1.91 bits per heavy atom. The zero-order chi connectivity index (χ0) is 8.53. The highest BCUT2D eigenvalue weighted by Crippen LogP contribution is 1.93. The van der Waals surface area contributed by atoms with Gasteiger partial charge in [0.05, 0.1) is 0 Å². The van der Waals surface area contributed by atoms with Gasteiger partial charge < -0.3 is 10.0 Å². The Kier molecular flexibility index (Phi) is 9.21. The Labute approximate surface area is 79.8 Å². The van der Waals surface area contributed by atoms with Gasteiger partial charge in [0.25, 0.3) is 0 Å². The van der Waals surface area contributed by atoms with Gasteiger partial charge in [0.15, 0.2) is 0 Å². The molecule has 4 heteroatoms. The summed E-state index contributed by atoms with van der Waals surface area (Å²) in [5.41, 5.74) is 0. The summed E-state index contributed by atoms with van der Waals surface area (Å²) in [4.78, 5) is 2.26. The van der Waals surface area contributed by atoms with Gasteiger partial charge in [-0.25, -0.2) is 0 Å². The standard InChI is InChI=1S/C7H17NOS2/c9-5-1-2-8(3-6-10)4-7-11/h9-11H,1-7H2. The SMILES string of the molecule is OCCCN(CCS)CCS. The Morgan fingerprint density at radius 1 is 1.00 bits per heavy atom. The minimum absolute atomic E-state index is 0.273. The van der Waals surface area contributed by atoms with Gasteiger partial charge in [-0.3, -0.25) is 0 Å². The summed E-state index contributed by atoms with van der Waals surface area (Å²) in [7, 11) is 0. The van der Waals surface area contributed by atoms with Crippen LogP contribution in [0.3, 0.4) is 0 Å². The first-order chi connectivity index (χ1) is 5.35. The maximum atomic E-state index is 8.59. The van der Waals surface area contributed by atoms with Crippen LogP contribution in [0.1, 0.15) is 6.42 Å². The van der Waals surface area contributed by atoms with Crippen molar-refractivity contribution in [2.75, 3.05) is 37.7 Å². The van der Waals surface area contributed by atoms with Crippen LogP contribution in [-0.2, 0) is 0 Å². The normalized spacial score (nSPS) is 10.9. The number of hydrogen-bond donors (Lipinski definition) is 3. The molecule has 68 valence electrons. The van der Waals surface area contributed by atoms with Gasteiger partial charge in [-0.15, -0.1) is 0 Å². The zero-order valence-electron chi connectivity index (χ0n) is 6.74. The molecular weight excluding hydrogens is 178 g/mol. The van der Waals surface area contributed by atoms with E-state index < -0.39 is 0 Å². The summed E-state index contributed by atoms with van der Waals surface area (Å²) in [5, 5.41) is 8.59. The number of hydrogen-bond acceptors (Lipinski definition) is 4. The molecule has 0 aliphatic rings. The largest absolute Gasteiger partial charge is 0.396 e. The predicted molar refractivity (Wildman–Crippen MR) is 55.8 cm³/mol. The van der Waals surface area contributed by atoms with Crippen LogP contribution in [0.2, 0.25) is 0 Å². The topological polar surface area (TPSA) is 23.5 Å². The van der Waals surface area contributed by atoms with Crippen LogP contribution in [0.4, 0.5) is 0 Å². The third-order valence-corrected chi connectivity index (χ3v) is 1.86. The predicted octanol–water partition coefficient (Wildman–Crippen LogP) is 0.530. The molecule has 11 heavy (non-hydrogen) atoms. The van der Waals surface area contributed by atoms with Crippen molar-refractivity contribution >= 4 is 25.3 Å². The molecule has 0 saturated heterocycles. The highest BCUT2D eigenvalue weighted by atomic mass is 32.1. The maximum Gasteiger partial charge on any atom is 0.0443 e. The highest BCUT2D eigenvalue weighted by molar-refractivity contribution is 7.80. The fraction of sp³-hybridized carbons (Fsp3) is 1.00. The van der Waals surface area contributed by atoms with Crippen molar-refractivity contribution in [1.82, 2.24) is 4.90 Å². The van der Waals surface area contributed by atoms with E-state index in [0.29, 0.717) is 0 Å². The van der Waals surface area contributed by atoms with Crippen molar-refractivity contribution in [3.63, 3.8) is 0 Å². The summed E-state index contributed by atoms with van der Waals surface area (Å²) in [6, 6.07) is 0. The molecule has 0 aliphatic heterocycles. The van der Waals surface area contributed by atoms with Crippen LogP contribution in [-0.4, -0.2) is 47.8 Å². The smallest absolute Gasteiger partial charge is 0.0443 e. The Bertz CT molecular complexity index is 76.8. The molecule has 2 nitrogen and oxygen atoms in total.